The minimum Gasteiger partial charge on any atom is -0.443 e. The van der Waals surface area contributed by atoms with E-state index in [1.807, 2.05) is 13.8 Å². The van der Waals surface area contributed by atoms with Crippen LogP contribution in [-0.4, -0.2) is 18.6 Å². The summed E-state index contributed by atoms with van der Waals surface area (Å²) in [6.07, 6.45) is 1.66. The quantitative estimate of drug-likeness (QED) is 0.729. The average Bonchev–Trinajstić information content (AvgIpc) is 2.51. The minimum absolute atomic E-state index is 0.351. The number of hydrogen-bond donors (Lipinski definition) is 1. The number of aromatic nitrogens is 1. The van der Waals surface area contributed by atoms with E-state index in [2.05, 4.69) is 4.98 Å². The summed E-state index contributed by atoms with van der Waals surface area (Å²) in [7, 11) is 1.59. The standard InChI is InChI=1S/C8H14N2O2/c1-6-4-10-7(12-6)8(2,5-9)11-3/h4H,5,9H2,1-3H3. The molecule has 1 aromatic heterocycles. The monoisotopic (exact) mass is 170 g/mol. The van der Waals surface area contributed by atoms with Crippen molar-refractivity contribution in [2.75, 3.05) is 13.7 Å². The van der Waals surface area contributed by atoms with Gasteiger partial charge in [0.2, 0.25) is 5.89 Å². The van der Waals surface area contributed by atoms with Crippen LogP contribution in [-0.2, 0) is 10.3 Å². The summed E-state index contributed by atoms with van der Waals surface area (Å²) in [6, 6.07) is 0. The molecule has 0 aliphatic heterocycles. The van der Waals surface area contributed by atoms with Gasteiger partial charge in [-0.05, 0) is 13.8 Å². The van der Waals surface area contributed by atoms with E-state index in [0.717, 1.165) is 5.76 Å². The molecule has 68 valence electrons. The third kappa shape index (κ3) is 1.49. The topological polar surface area (TPSA) is 61.3 Å². The molecule has 0 bridgehead atoms. The van der Waals surface area contributed by atoms with Gasteiger partial charge in [-0.3, -0.25) is 0 Å². The Balaban J connectivity index is 2.94. The lowest BCUT2D eigenvalue weighted by Crippen LogP contribution is -2.34. The molecule has 1 heterocycles. The molecule has 12 heavy (non-hydrogen) atoms. The fraction of sp³-hybridized carbons (Fsp3) is 0.625. The Morgan fingerprint density at radius 3 is 2.75 bits per heavy atom. The molecule has 0 aromatic carbocycles. The highest BCUT2D eigenvalue weighted by atomic mass is 16.5. The van der Waals surface area contributed by atoms with Crippen LogP contribution in [0.2, 0.25) is 0 Å². The molecule has 4 nitrogen and oxygen atoms in total. The number of hydrogen-bond acceptors (Lipinski definition) is 4. The summed E-state index contributed by atoms with van der Waals surface area (Å²) < 4.78 is 10.5. The van der Waals surface area contributed by atoms with Crippen molar-refractivity contribution in [3.05, 3.63) is 17.8 Å². The zero-order valence-electron chi connectivity index (χ0n) is 7.63. The van der Waals surface area contributed by atoms with Gasteiger partial charge in [0.15, 0.2) is 5.60 Å². The van der Waals surface area contributed by atoms with E-state index in [1.165, 1.54) is 0 Å². The summed E-state index contributed by atoms with van der Waals surface area (Å²) in [4.78, 5) is 4.06. The Bertz CT molecular complexity index is 253. The normalized spacial score (nSPS) is 16.0. The first-order valence-electron chi connectivity index (χ1n) is 3.80. The second-order valence-corrected chi connectivity index (χ2v) is 2.92. The Morgan fingerprint density at radius 2 is 2.42 bits per heavy atom. The van der Waals surface area contributed by atoms with Gasteiger partial charge >= 0.3 is 0 Å². The maximum absolute atomic E-state index is 5.53. The van der Waals surface area contributed by atoms with Crippen molar-refractivity contribution < 1.29 is 9.15 Å². The summed E-state index contributed by atoms with van der Waals surface area (Å²) in [5, 5.41) is 0. The van der Waals surface area contributed by atoms with Crippen molar-refractivity contribution in [2.45, 2.75) is 19.4 Å². The Labute approximate surface area is 71.7 Å². The summed E-state index contributed by atoms with van der Waals surface area (Å²) in [5.41, 5.74) is 4.93. The van der Waals surface area contributed by atoms with Crippen LogP contribution in [0.15, 0.2) is 10.6 Å². The van der Waals surface area contributed by atoms with Crippen LogP contribution in [0.4, 0.5) is 0 Å². The molecule has 1 unspecified atom stereocenters. The summed E-state index contributed by atoms with van der Waals surface area (Å²) in [6.45, 7) is 4.03. The van der Waals surface area contributed by atoms with Gasteiger partial charge in [0.1, 0.15) is 5.76 Å². The summed E-state index contributed by atoms with van der Waals surface area (Å²) >= 11 is 0. The lowest BCUT2D eigenvalue weighted by Gasteiger charge is -2.21. The number of ether oxygens (including phenoxy) is 1. The Kier molecular flexibility index (Phi) is 2.49. The first-order valence-corrected chi connectivity index (χ1v) is 3.80. The van der Waals surface area contributed by atoms with Gasteiger partial charge in [0.05, 0.1) is 6.20 Å². The third-order valence-electron chi connectivity index (χ3n) is 1.91. The lowest BCUT2D eigenvalue weighted by atomic mass is 10.1. The molecule has 1 rings (SSSR count). The van der Waals surface area contributed by atoms with E-state index in [1.54, 1.807) is 13.3 Å². The predicted molar refractivity (Wildman–Crippen MR) is 44.7 cm³/mol. The van der Waals surface area contributed by atoms with Gasteiger partial charge in [0, 0.05) is 13.7 Å². The van der Waals surface area contributed by atoms with Crippen LogP contribution >= 0.6 is 0 Å². The van der Waals surface area contributed by atoms with E-state index in [4.69, 9.17) is 14.9 Å². The Hall–Kier alpha value is -0.870. The number of oxazole rings is 1. The van der Waals surface area contributed by atoms with Crippen LogP contribution in [0, 0.1) is 6.92 Å². The van der Waals surface area contributed by atoms with E-state index in [0.29, 0.717) is 12.4 Å². The SMILES string of the molecule is COC(C)(CN)c1ncc(C)o1. The highest BCUT2D eigenvalue weighted by Gasteiger charge is 2.29. The first kappa shape index (κ1) is 9.22. The number of nitrogens with zero attached hydrogens (tertiary/aromatic N) is 1. The van der Waals surface area contributed by atoms with Crippen molar-refractivity contribution in [1.82, 2.24) is 4.98 Å². The molecule has 0 saturated carbocycles. The first-order chi connectivity index (χ1) is 5.62. The molecular weight excluding hydrogens is 156 g/mol. The van der Waals surface area contributed by atoms with Gasteiger partial charge in [0.25, 0.3) is 0 Å². The molecular formula is C8H14N2O2. The second kappa shape index (κ2) is 3.25. The van der Waals surface area contributed by atoms with Crippen molar-refractivity contribution in [3.8, 4) is 0 Å². The Morgan fingerprint density at radius 1 is 1.75 bits per heavy atom. The molecule has 0 fully saturated rings. The zero-order chi connectivity index (χ0) is 9.19. The van der Waals surface area contributed by atoms with E-state index in [9.17, 15) is 0 Å². The van der Waals surface area contributed by atoms with Crippen molar-refractivity contribution in [3.63, 3.8) is 0 Å². The maximum Gasteiger partial charge on any atom is 0.227 e. The summed E-state index contributed by atoms with van der Waals surface area (Å²) in [5.74, 6) is 1.30. The van der Waals surface area contributed by atoms with Crippen LogP contribution in [0.3, 0.4) is 0 Å². The molecule has 0 aliphatic rings. The minimum atomic E-state index is -0.603. The van der Waals surface area contributed by atoms with Gasteiger partial charge in [-0.25, -0.2) is 4.98 Å². The molecule has 1 aromatic rings. The highest BCUT2D eigenvalue weighted by Crippen LogP contribution is 2.22. The number of methoxy groups -OCH3 is 1. The number of aryl methyl sites for hydroxylation is 1. The van der Waals surface area contributed by atoms with E-state index >= 15 is 0 Å². The second-order valence-electron chi connectivity index (χ2n) is 2.92. The molecule has 0 amide bonds. The zero-order valence-corrected chi connectivity index (χ0v) is 7.63. The van der Waals surface area contributed by atoms with Crippen molar-refractivity contribution >= 4 is 0 Å². The van der Waals surface area contributed by atoms with Crippen LogP contribution in [0.5, 0.6) is 0 Å². The fourth-order valence-electron chi connectivity index (χ4n) is 0.857. The van der Waals surface area contributed by atoms with Crippen molar-refractivity contribution in [1.29, 1.82) is 0 Å². The lowest BCUT2D eigenvalue weighted by molar-refractivity contribution is -0.0128. The van der Waals surface area contributed by atoms with Crippen LogP contribution < -0.4 is 5.73 Å². The molecule has 0 aliphatic carbocycles. The van der Waals surface area contributed by atoms with E-state index in [-0.39, 0.29) is 0 Å². The molecule has 4 heteroatoms. The van der Waals surface area contributed by atoms with Gasteiger partial charge in [-0.1, -0.05) is 0 Å². The largest absolute Gasteiger partial charge is 0.443 e. The third-order valence-corrected chi connectivity index (χ3v) is 1.91. The predicted octanol–water partition coefficient (Wildman–Crippen LogP) is 0.803. The number of rotatable bonds is 3. The van der Waals surface area contributed by atoms with Crippen molar-refractivity contribution in [2.24, 2.45) is 5.73 Å². The van der Waals surface area contributed by atoms with Crippen LogP contribution in [0.25, 0.3) is 0 Å². The van der Waals surface area contributed by atoms with Crippen LogP contribution in [0.1, 0.15) is 18.6 Å². The molecule has 2 N–H and O–H groups in total. The average molecular weight is 170 g/mol. The molecule has 0 saturated heterocycles. The smallest absolute Gasteiger partial charge is 0.227 e. The fourth-order valence-corrected chi connectivity index (χ4v) is 0.857. The van der Waals surface area contributed by atoms with Gasteiger partial charge in [-0.15, -0.1) is 0 Å². The molecule has 0 spiro atoms. The van der Waals surface area contributed by atoms with Gasteiger partial charge < -0.3 is 14.9 Å². The number of nitrogens with two attached hydrogens (primary N) is 1. The maximum atomic E-state index is 5.53. The molecule has 1 atom stereocenters. The highest BCUT2D eigenvalue weighted by molar-refractivity contribution is 5.00. The molecule has 0 radical (unpaired) electrons. The van der Waals surface area contributed by atoms with E-state index < -0.39 is 5.60 Å². The van der Waals surface area contributed by atoms with Gasteiger partial charge in [-0.2, -0.15) is 0 Å².